The van der Waals surface area contributed by atoms with Crippen molar-refractivity contribution in [3.8, 4) is 0 Å². The molecule has 0 N–H and O–H groups in total. The Morgan fingerprint density at radius 1 is 1.21 bits per heavy atom. The number of hydrogen-bond acceptors (Lipinski definition) is 4. The first kappa shape index (κ1) is 13.7. The second-order valence-corrected chi connectivity index (χ2v) is 6.79. The summed E-state index contributed by atoms with van der Waals surface area (Å²) in [6, 6.07) is 9.04. The summed E-state index contributed by atoms with van der Waals surface area (Å²) in [7, 11) is -3.01. The number of hydrogen-bond donors (Lipinski definition) is 0. The van der Waals surface area contributed by atoms with Gasteiger partial charge in [0.25, 0.3) is 0 Å². The van der Waals surface area contributed by atoms with E-state index in [1.165, 1.54) is 6.26 Å². The Balaban J connectivity index is 2.18. The molecule has 19 heavy (non-hydrogen) atoms. The van der Waals surface area contributed by atoms with Crippen molar-refractivity contribution in [3.63, 3.8) is 0 Å². The first-order chi connectivity index (χ1) is 8.97. The predicted octanol–water partition coefficient (Wildman–Crippen LogP) is 2.24. The third kappa shape index (κ3) is 3.61. The monoisotopic (exact) mass is 277 g/mol. The van der Waals surface area contributed by atoms with E-state index < -0.39 is 9.84 Å². The Labute approximate surface area is 112 Å². The smallest absolute Gasteiger partial charge is 0.163 e. The van der Waals surface area contributed by atoms with E-state index in [-0.39, 0.29) is 18.0 Å². The van der Waals surface area contributed by atoms with Crippen LogP contribution in [-0.4, -0.2) is 31.2 Å². The summed E-state index contributed by atoms with van der Waals surface area (Å²) in [5, 5.41) is 0.814. The van der Waals surface area contributed by atoms with E-state index in [4.69, 9.17) is 0 Å². The predicted molar refractivity (Wildman–Crippen MR) is 75.0 cm³/mol. The zero-order valence-corrected chi connectivity index (χ0v) is 11.5. The average molecular weight is 277 g/mol. The number of carbonyl (C=O) groups is 1. The highest BCUT2D eigenvalue weighted by Gasteiger charge is 2.11. The lowest BCUT2D eigenvalue weighted by Crippen LogP contribution is -2.07. The van der Waals surface area contributed by atoms with Gasteiger partial charge in [-0.25, -0.2) is 8.42 Å². The van der Waals surface area contributed by atoms with Crippen LogP contribution in [0.1, 0.15) is 23.2 Å². The molecule has 2 rings (SSSR count). The number of rotatable bonds is 5. The molecule has 0 radical (unpaired) electrons. The maximum atomic E-state index is 12.1. The summed E-state index contributed by atoms with van der Waals surface area (Å²) >= 11 is 0. The molecule has 5 heteroatoms. The van der Waals surface area contributed by atoms with Crippen molar-refractivity contribution in [3.05, 3.63) is 42.1 Å². The van der Waals surface area contributed by atoms with E-state index in [2.05, 4.69) is 4.98 Å². The molecule has 0 bridgehead atoms. The molecule has 0 saturated carbocycles. The number of carbonyl (C=O) groups excluding carboxylic acids is 1. The van der Waals surface area contributed by atoms with Gasteiger partial charge in [0.15, 0.2) is 5.78 Å². The van der Waals surface area contributed by atoms with Crippen molar-refractivity contribution in [1.29, 1.82) is 0 Å². The molecule has 4 nitrogen and oxygen atoms in total. The van der Waals surface area contributed by atoms with E-state index in [1.807, 2.05) is 12.1 Å². The van der Waals surface area contributed by atoms with Crippen LogP contribution >= 0.6 is 0 Å². The lowest BCUT2D eigenvalue weighted by Gasteiger charge is -2.04. The van der Waals surface area contributed by atoms with E-state index in [0.29, 0.717) is 12.0 Å². The summed E-state index contributed by atoms with van der Waals surface area (Å²) in [4.78, 5) is 16.3. The third-order valence-corrected chi connectivity index (χ3v) is 3.90. The SMILES string of the molecule is CS(=O)(=O)CCCC(=O)c1cccc2ncccc12. The van der Waals surface area contributed by atoms with E-state index in [1.54, 1.807) is 24.4 Å². The Bertz CT molecular complexity index is 702. The normalized spacial score (nSPS) is 11.6. The lowest BCUT2D eigenvalue weighted by molar-refractivity contribution is 0.0983. The quantitative estimate of drug-likeness (QED) is 0.786. The molecule has 0 saturated heterocycles. The van der Waals surface area contributed by atoms with Crippen molar-refractivity contribution in [2.45, 2.75) is 12.8 Å². The van der Waals surface area contributed by atoms with Crippen LogP contribution in [0, 0.1) is 0 Å². The second-order valence-electron chi connectivity index (χ2n) is 4.53. The topological polar surface area (TPSA) is 64.1 Å². The van der Waals surface area contributed by atoms with Crippen molar-refractivity contribution in [2.75, 3.05) is 12.0 Å². The molecule has 100 valence electrons. The van der Waals surface area contributed by atoms with Gasteiger partial charge in [-0.05, 0) is 18.6 Å². The van der Waals surface area contributed by atoms with Crippen LogP contribution < -0.4 is 0 Å². The van der Waals surface area contributed by atoms with E-state index in [9.17, 15) is 13.2 Å². The van der Waals surface area contributed by atoms with Crippen LogP contribution in [0.25, 0.3) is 10.9 Å². The molecule has 2 aromatic rings. The molecule has 0 aliphatic heterocycles. The van der Waals surface area contributed by atoms with Crippen LogP contribution in [0.3, 0.4) is 0 Å². The molecule has 0 aliphatic rings. The Kier molecular flexibility index (Phi) is 3.95. The van der Waals surface area contributed by atoms with Crippen molar-refractivity contribution >= 4 is 26.5 Å². The van der Waals surface area contributed by atoms with E-state index >= 15 is 0 Å². The number of fused-ring (bicyclic) bond motifs is 1. The van der Waals surface area contributed by atoms with Gasteiger partial charge >= 0.3 is 0 Å². The molecule has 0 amide bonds. The molecule has 1 aromatic heterocycles. The number of sulfone groups is 1. The third-order valence-electron chi connectivity index (χ3n) is 2.87. The van der Waals surface area contributed by atoms with Crippen LogP contribution in [0.5, 0.6) is 0 Å². The van der Waals surface area contributed by atoms with Crippen molar-refractivity contribution in [2.24, 2.45) is 0 Å². The van der Waals surface area contributed by atoms with E-state index in [0.717, 1.165) is 10.9 Å². The molecule has 0 atom stereocenters. The summed E-state index contributed by atoms with van der Waals surface area (Å²) < 4.78 is 22.1. The number of aromatic nitrogens is 1. The highest BCUT2D eigenvalue weighted by Crippen LogP contribution is 2.18. The molecular formula is C14H15NO3S. The first-order valence-electron chi connectivity index (χ1n) is 6.02. The number of Topliss-reactive ketones (excluding diaryl/α,β-unsaturated/α-hetero) is 1. The zero-order chi connectivity index (χ0) is 13.9. The van der Waals surface area contributed by atoms with Crippen molar-refractivity contribution < 1.29 is 13.2 Å². The van der Waals surface area contributed by atoms with Gasteiger partial charge < -0.3 is 0 Å². The van der Waals surface area contributed by atoms with Crippen molar-refractivity contribution in [1.82, 2.24) is 4.98 Å². The van der Waals surface area contributed by atoms with Crippen LogP contribution in [0.4, 0.5) is 0 Å². The largest absolute Gasteiger partial charge is 0.294 e. The minimum atomic E-state index is -3.01. The summed E-state index contributed by atoms with van der Waals surface area (Å²) in [5.74, 6) is 0.00383. The molecule has 0 unspecified atom stereocenters. The summed E-state index contributed by atoms with van der Waals surface area (Å²) in [5.41, 5.74) is 1.38. The first-order valence-corrected chi connectivity index (χ1v) is 8.08. The molecule has 0 spiro atoms. The summed E-state index contributed by atoms with van der Waals surface area (Å²) in [6.07, 6.45) is 3.45. The Morgan fingerprint density at radius 2 is 2.00 bits per heavy atom. The number of benzene rings is 1. The molecule has 1 heterocycles. The highest BCUT2D eigenvalue weighted by molar-refractivity contribution is 7.90. The fraction of sp³-hybridized carbons (Fsp3) is 0.286. The van der Waals surface area contributed by atoms with Gasteiger partial charge in [0.05, 0.1) is 11.3 Å². The van der Waals surface area contributed by atoms with Gasteiger partial charge in [-0.2, -0.15) is 0 Å². The Hall–Kier alpha value is -1.75. The maximum Gasteiger partial charge on any atom is 0.163 e. The zero-order valence-electron chi connectivity index (χ0n) is 10.7. The molecule has 0 aliphatic carbocycles. The molecular weight excluding hydrogens is 262 g/mol. The number of pyridine rings is 1. The maximum absolute atomic E-state index is 12.1. The van der Waals surface area contributed by atoms with Crippen LogP contribution in [0.15, 0.2) is 36.5 Å². The molecule has 0 fully saturated rings. The van der Waals surface area contributed by atoms with Gasteiger partial charge in [-0.3, -0.25) is 9.78 Å². The fourth-order valence-electron chi connectivity index (χ4n) is 1.98. The standard InChI is InChI=1S/C14H15NO3S/c1-19(17,18)10-4-8-14(16)12-5-2-7-13-11(12)6-3-9-15-13/h2-3,5-7,9H,4,8,10H2,1H3. The fourth-order valence-corrected chi connectivity index (χ4v) is 2.64. The van der Waals surface area contributed by atoms with Gasteiger partial charge in [-0.15, -0.1) is 0 Å². The van der Waals surface area contributed by atoms with Crippen LogP contribution in [0.2, 0.25) is 0 Å². The average Bonchev–Trinajstić information content (AvgIpc) is 2.36. The second kappa shape index (κ2) is 5.48. The minimum Gasteiger partial charge on any atom is -0.294 e. The summed E-state index contributed by atoms with van der Waals surface area (Å²) in [6.45, 7) is 0. The lowest BCUT2D eigenvalue weighted by atomic mass is 10.0. The number of nitrogens with zero attached hydrogens (tertiary/aromatic N) is 1. The number of ketones is 1. The Morgan fingerprint density at radius 3 is 2.74 bits per heavy atom. The van der Waals surface area contributed by atoms with Gasteiger partial charge in [0.1, 0.15) is 9.84 Å². The van der Waals surface area contributed by atoms with Crippen LogP contribution in [-0.2, 0) is 9.84 Å². The molecule has 1 aromatic carbocycles. The minimum absolute atomic E-state index is 0.0396. The van der Waals surface area contributed by atoms with Gasteiger partial charge in [0, 0.05) is 29.8 Å². The highest BCUT2D eigenvalue weighted by atomic mass is 32.2. The van der Waals surface area contributed by atoms with Gasteiger partial charge in [0.2, 0.25) is 0 Å². The van der Waals surface area contributed by atoms with Gasteiger partial charge in [-0.1, -0.05) is 18.2 Å².